The van der Waals surface area contributed by atoms with Crippen LogP contribution in [-0.4, -0.2) is 26.6 Å². The van der Waals surface area contributed by atoms with E-state index in [-0.39, 0.29) is 11.7 Å². The highest BCUT2D eigenvalue weighted by atomic mass is 16.2. The van der Waals surface area contributed by atoms with E-state index in [1.165, 1.54) is 6.92 Å². The topological polar surface area (TPSA) is 88.9 Å². The molecule has 2 N–H and O–H groups in total. The highest BCUT2D eigenvalue weighted by Crippen LogP contribution is 2.20. The average molecular weight is 321 g/mol. The summed E-state index contributed by atoms with van der Waals surface area (Å²) in [6.07, 6.45) is 0. The van der Waals surface area contributed by atoms with E-state index in [2.05, 4.69) is 20.9 Å². The second-order valence-corrected chi connectivity index (χ2v) is 5.01. The molecule has 1 heterocycles. The first kappa shape index (κ1) is 15.4. The summed E-state index contributed by atoms with van der Waals surface area (Å²) in [7, 11) is 0. The van der Waals surface area contributed by atoms with E-state index in [4.69, 9.17) is 0 Å². The van der Waals surface area contributed by atoms with Crippen LogP contribution in [0.15, 0.2) is 60.7 Å². The number of hydrogen-bond donors (Lipinski definition) is 2. The predicted octanol–water partition coefficient (Wildman–Crippen LogP) is 1.72. The summed E-state index contributed by atoms with van der Waals surface area (Å²) in [4.78, 5) is 27.4. The van der Waals surface area contributed by atoms with Gasteiger partial charge >= 0.3 is 5.91 Å². The van der Waals surface area contributed by atoms with Gasteiger partial charge in [0.05, 0.1) is 5.69 Å². The fourth-order valence-corrected chi connectivity index (χ4v) is 2.13. The van der Waals surface area contributed by atoms with Gasteiger partial charge in [0.1, 0.15) is 0 Å². The zero-order chi connectivity index (χ0) is 16.9. The minimum absolute atomic E-state index is 0.0357. The van der Waals surface area contributed by atoms with Crippen LogP contribution in [0.25, 0.3) is 17.1 Å². The van der Waals surface area contributed by atoms with Gasteiger partial charge in [-0.25, -0.2) is 9.67 Å². The minimum atomic E-state index is -0.586. The maximum absolute atomic E-state index is 12.1. The Morgan fingerprint density at radius 1 is 0.917 bits per heavy atom. The van der Waals surface area contributed by atoms with Crippen LogP contribution in [0.3, 0.4) is 0 Å². The lowest BCUT2D eigenvalue weighted by atomic mass is 10.2. The first-order valence-electron chi connectivity index (χ1n) is 7.30. The summed E-state index contributed by atoms with van der Waals surface area (Å²) in [5.74, 6) is -0.465. The van der Waals surface area contributed by atoms with Gasteiger partial charge < -0.3 is 0 Å². The maximum Gasteiger partial charge on any atom is 0.309 e. The van der Waals surface area contributed by atoms with Gasteiger partial charge in [-0.1, -0.05) is 48.5 Å². The first-order valence-corrected chi connectivity index (χ1v) is 7.30. The van der Waals surface area contributed by atoms with E-state index in [9.17, 15) is 9.59 Å². The number of carbonyl (C=O) groups is 2. The quantitative estimate of drug-likeness (QED) is 0.719. The van der Waals surface area contributed by atoms with Crippen molar-refractivity contribution < 1.29 is 9.59 Å². The summed E-state index contributed by atoms with van der Waals surface area (Å²) >= 11 is 0. The molecule has 0 radical (unpaired) electrons. The number of aromatic nitrogens is 3. The molecule has 7 nitrogen and oxygen atoms in total. The maximum atomic E-state index is 12.1. The summed E-state index contributed by atoms with van der Waals surface area (Å²) in [5, 5.41) is 4.28. The molecular weight excluding hydrogens is 306 g/mol. The average Bonchev–Trinajstić information content (AvgIpc) is 3.06. The van der Waals surface area contributed by atoms with Crippen molar-refractivity contribution in [2.75, 3.05) is 0 Å². The lowest BCUT2D eigenvalue weighted by Crippen LogP contribution is -2.40. The van der Waals surface area contributed by atoms with Crippen molar-refractivity contribution in [3.63, 3.8) is 0 Å². The first-order chi connectivity index (χ1) is 11.6. The van der Waals surface area contributed by atoms with Gasteiger partial charge in [0, 0.05) is 12.5 Å². The minimum Gasteiger partial charge on any atom is -0.274 e. The van der Waals surface area contributed by atoms with Crippen LogP contribution in [0.1, 0.15) is 17.5 Å². The molecule has 0 saturated carbocycles. The number of hydrazine groups is 1. The van der Waals surface area contributed by atoms with Crippen molar-refractivity contribution in [1.82, 2.24) is 25.6 Å². The van der Waals surface area contributed by atoms with Crippen LogP contribution in [-0.2, 0) is 4.79 Å². The fraction of sp³-hybridized carbons (Fsp3) is 0.0588. The summed E-state index contributed by atoms with van der Waals surface area (Å²) in [6, 6.07) is 18.8. The number of rotatable bonds is 3. The van der Waals surface area contributed by atoms with Crippen LogP contribution in [0.4, 0.5) is 0 Å². The molecule has 1 aromatic heterocycles. The van der Waals surface area contributed by atoms with E-state index in [1.54, 1.807) is 4.68 Å². The molecule has 2 aromatic carbocycles. The van der Waals surface area contributed by atoms with Crippen LogP contribution in [0, 0.1) is 0 Å². The van der Waals surface area contributed by atoms with Crippen molar-refractivity contribution in [2.45, 2.75) is 6.92 Å². The Morgan fingerprint density at radius 2 is 1.54 bits per heavy atom. The highest BCUT2D eigenvalue weighted by Gasteiger charge is 2.18. The van der Waals surface area contributed by atoms with Gasteiger partial charge in [-0.15, -0.1) is 5.10 Å². The molecular formula is C17H15N5O2. The van der Waals surface area contributed by atoms with Gasteiger partial charge in [-0.2, -0.15) is 0 Å². The molecule has 3 rings (SSSR count). The molecule has 0 saturated heterocycles. The highest BCUT2D eigenvalue weighted by molar-refractivity contribution is 5.92. The van der Waals surface area contributed by atoms with Crippen LogP contribution < -0.4 is 10.9 Å². The Kier molecular flexibility index (Phi) is 4.33. The fourth-order valence-electron chi connectivity index (χ4n) is 2.13. The Balaban J connectivity index is 2.03. The predicted molar refractivity (Wildman–Crippen MR) is 88.1 cm³/mol. The molecule has 0 aliphatic carbocycles. The Bertz CT molecular complexity index is 802. The van der Waals surface area contributed by atoms with Gasteiger partial charge in [-0.05, 0) is 12.1 Å². The van der Waals surface area contributed by atoms with Gasteiger partial charge in [0.15, 0.2) is 5.82 Å². The second-order valence-electron chi connectivity index (χ2n) is 5.01. The van der Waals surface area contributed by atoms with Crippen molar-refractivity contribution in [2.24, 2.45) is 0 Å². The van der Waals surface area contributed by atoms with E-state index in [1.807, 2.05) is 60.7 Å². The molecule has 0 fully saturated rings. The summed E-state index contributed by atoms with van der Waals surface area (Å²) in [6.45, 7) is 1.30. The molecule has 0 aliphatic heterocycles. The molecule has 3 aromatic rings. The normalized spacial score (nSPS) is 10.2. The third-order valence-electron chi connectivity index (χ3n) is 3.20. The molecule has 0 unspecified atom stereocenters. The van der Waals surface area contributed by atoms with Crippen molar-refractivity contribution >= 4 is 11.8 Å². The molecule has 0 atom stereocenters. The number of para-hydroxylation sites is 1. The molecule has 0 bridgehead atoms. The van der Waals surface area contributed by atoms with E-state index >= 15 is 0 Å². The summed E-state index contributed by atoms with van der Waals surface area (Å²) in [5.41, 5.74) is 6.10. The third kappa shape index (κ3) is 3.30. The van der Waals surface area contributed by atoms with Crippen LogP contribution in [0.2, 0.25) is 0 Å². The number of nitrogens with zero attached hydrogens (tertiary/aromatic N) is 3. The summed E-state index contributed by atoms with van der Waals surface area (Å²) < 4.78 is 1.60. The number of benzene rings is 2. The Labute approximate surface area is 138 Å². The van der Waals surface area contributed by atoms with Crippen LogP contribution in [0.5, 0.6) is 0 Å². The SMILES string of the molecule is CC(=O)NNC(=O)c1nc(-c2ccccc2)n(-c2ccccc2)n1. The molecule has 0 aliphatic rings. The molecule has 24 heavy (non-hydrogen) atoms. The largest absolute Gasteiger partial charge is 0.309 e. The van der Waals surface area contributed by atoms with Crippen molar-refractivity contribution in [1.29, 1.82) is 0 Å². The second kappa shape index (κ2) is 6.74. The van der Waals surface area contributed by atoms with Gasteiger partial charge in [0.25, 0.3) is 0 Å². The van der Waals surface area contributed by atoms with E-state index in [0.29, 0.717) is 5.82 Å². The van der Waals surface area contributed by atoms with Crippen molar-refractivity contribution in [3.8, 4) is 17.1 Å². The molecule has 2 amide bonds. The third-order valence-corrected chi connectivity index (χ3v) is 3.20. The van der Waals surface area contributed by atoms with Crippen LogP contribution >= 0.6 is 0 Å². The van der Waals surface area contributed by atoms with Crippen molar-refractivity contribution in [3.05, 3.63) is 66.5 Å². The Morgan fingerprint density at radius 3 is 2.17 bits per heavy atom. The molecule has 0 spiro atoms. The smallest absolute Gasteiger partial charge is 0.274 e. The number of nitrogens with one attached hydrogen (secondary N) is 2. The van der Waals surface area contributed by atoms with E-state index in [0.717, 1.165) is 11.3 Å². The number of amides is 2. The zero-order valence-electron chi connectivity index (χ0n) is 12.9. The van der Waals surface area contributed by atoms with E-state index < -0.39 is 5.91 Å². The standard InChI is InChI=1S/C17H15N5O2/c1-12(23)19-20-17(24)15-18-16(13-8-4-2-5-9-13)22(21-15)14-10-6-3-7-11-14/h2-11H,1H3,(H,19,23)(H,20,24). The monoisotopic (exact) mass is 321 g/mol. The lowest BCUT2D eigenvalue weighted by molar-refractivity contribution is -0.119. The number of hydrogen-bond acceptors (Lipinski definition) is 4. The zero-order valence-corrected chi connectivity index (χ0v) is 12.9. The molecule has 120 valence electrons. The molecule has 7 heteroatoms. The number of carbonyl (C=O) groups excluding carboxylic acids is 2. The van der Waals surface area contributed by atoms with Gasteiger partial charge in [-0.3, -0.25) is 20.4 Å². The van der Waals surface area contributed by atoms with Gasteiger partial charge in [0.2, 0.25) is 11.7 Å². The lowest BCUT2D eigenvalue weighted by Gasteiger charge is -2.05. The Hall–Kier alpha value is -3.48.